The number of aromatic nitrogens is 1. The van der Waals surface area contributed by atoms with E-state index < -0.39 is 0 Å². The van der Waals surface area contributed by atoms with Gasteiger partial charge in [-0.1, -0.05) is 37.3 Å². The van der Waals surface area contributed by atoms with E-state index in [4.69, 9.17) is 4.74 Å². The lowest BCUT2D eigenvalue weighted by Gasteiger charge is -2.22. The number of rotatable bonds is 7. The van der Waals surface area contributed by atoms with Crippen LogP contribution in [0.1, 0.15) is 36.2 Å². The second-order valence-corrected chi connectivity index (χ2v) is 5.03. The van der Waals surface area contributed by atoms with E-state index in [2.05, 4.69) is 11.9 Å². The van der Waals surface area contributed by atoms with Gasteiger partial charge in [0.2, 0.25) is 5.88 Å². The zero-order chi connectivity index (χ0) is 15.8. The highest BCUT2D eigenvalue weighted by Gasteiger charge is 2.16. The van der Waals surface area contributed by atoms with Crippen LogP contribution < -0.4 is 4.74 Å². The van der Waals surface area contributed by atoms with Crippen molar-refractivity contribution in [3.05, 3.63) is 59.8 Å². The summed E-state index contributed by atoms with van der Waals surface area (Å²) in [5, 5.41) is 0. The van der Waals surface area contributed by atoms with Crippen LogP contribution in [0, 0.1) is 0 Å². The van der Waals surface area contributed by atoms with Crippen molar-refractivity contribution in [2.75, 3.05) is 13.2 Å². The third-order valence-electron chi connectivity index (χ3n) is 3.27. The molecule has 0 aliphatic carbocycles. The number of nitrogens with zero attached hydrogens (tertiary/aromatic N) is 2. The lowest BCUT2D eigenvalue weighted by molar-refractivity contribution is 0.0742. The first kappa shape index (κ1) is 16.0. The summed E-state index contributed by atoms with van der Waals surface area (Å²) in [7, 11) is 0. The Kier molecular flexibility index (Phi) is 5.95. The van der Waals surface area contributed by atoms with Gasteiger partial charge in [0.15, 0.2) is 0 Å². The van der Waals surface area contributed by atoms with Crippen molar-refractivity contribution in [1.29, 1.82) is 0 Å². The van der Waals surface area contributed by atoms with E-state index >= 15 is 0 Å². The number of ether oxygens (including phenoxy) is 1. The second-order valence-electron chi connectivity index (χ2n) is 5.03. The molecule has 1 heterocycles. The van der Waals surface area contributed by atoms with Crippen molar-refractivity contribution in [2.24, 2.45) is 0 Å². The Morgan fingerprint density at radius 1 is 1.18 bits per heavy atom. The fourth-order valence-corrected chi connectivity index (χ4v) is 2.28. The topological polar surface area (TPSA) is 42.4 Å². The third-order valence-corrected chi connectivity index (χ3v) is 3.27. The Labute approximate surface area is 131 Å². The lowest BCUT2D eigenvalue weighted by Crippen LogP contribution is -2.31. The van der Waals surface area contributed by atoms with Crippen LogP contribution >= 0.6 is 0 Å². The average molecular weight is 298 g/mol. The first-order valence-corrected chi connectivity index (χ1v) is 7.66. The molecular formula is C18H22N2O2. The highest BCUT2D eigenvalue weighted by atomic mass is 16.5. The van der Waals surface area contributed by atoms with Gasteiger partial charge in [-0.05, 0) is 25.0 Å². The van der Waals surface area contributed by atoms with Gasteiger partial charge in [0.05, 0.1) is 6.61 Å². The minimum atomic E-state index is 0.00839. The molecule has 1 aromatic carbocycles. The summed E-state index contributed by atoms with van der Waals surface area (Å²) in [5.41, 5.74) is 1.74. The molecule has 2 aromatic rings. The standard InChI is InChI=1S/C18H22N2O2/c1-3-12-20(14-15-8-6-5-7-9-15)18(21)16-10-11-19-17(13-16)22-4-2/h5-11,13H,3-4,12,14H2,1-2H3. The van der Waals surface area contributed by atoms with Crippen LogP contribution in [0.2, 0.25) is 0 Å². The Hall–Kier alpha value is -2.36. The number of pyridine rings is 1. The fraction of sp³-hybridized carbons (Fsp3) is 0.333. The molecule has 0 aliphatic rings. The predicted octanol–water partition coefficient (Wildman–Crippen LogP) is 3.53. The molecule has 0 spiro atoms. The first-order valence-electron chi connectivity index (χ1n) is 7.66. The van der Waals surface area contributed by atoms with Gasteiger partial charge < -0.3 is 9.64 Å². The Balaban J connectivity index is 2.17. The molecule has 4 heteroatoms. The van der Waals surface area contributed by atoms with Crippen LogP contribution in [0.5, 0.6) is 5.88 Å². The fourth-order valence-electron chi connectivity index (χ4n) is 2.28. The highest BCUT2D eigenvalue weighted by Crippen LogP contribution is 2.14. The highest BCUT2D eigenvalue weighted by molar-refractivity contribution is 5.94. The number of carbonyl (C=O) groups excluding carboxylic acids is 1. The van der Waals surface area contributed by atoms with Gasteiger partial charge in [0.1, 0.15) is 0 Å². The molecule has 0 fully saturated rings. The molecule has 0 N–H and O–H groups in total. The van der Waals surface area contributed by atoms with Crippen molar-refractivity contribution in [3.8, 4) is 5.88 Å². The molecule has 0 saturated carbocycles. The van der Waals surface area contributed by atoms with E-state index in [1.165, 1.54) is 0 Å². The summed E-state index contributed by atoms with van der Waals surface area (Å²) < 4.78 is 5.37. The molecule has 0 atom stereocenters. The average Bonchev–Trinajstić information content (AvgIpc) is 2.55. The van der Waals surface area contributed by atoms with E-state index in [0.717, 1.165) is 18.5 Å². The van der Waals surface area contributed by atoms with Crippen molar-refractivity contribution in [3.63, 3.8) is 0 Å². The van der Waals surface area contributed by atoms with Crippen LogP contribution in [0.4, 0.5) is 0 Å². The second kappa shape index (κ2) is 8.17. The molecule has 2 rings (SSSR count). The number of amides is 1. The summed E-state index contributed by atoms with van der Waals surface area (Å²) >= 11 is 0. The van der Waals surface area contributed by atoms with E-state index in [9.17, 15) is 4.79 Å². The summed E-state index contributed by atoms with van der Waals surface area (Å²) in [5.74, 6) is 0.499. The summed E-state index contributed by atoms with van der Waals surface area (Å²) in [6, 6.07) is 13.5. The molecular weight excluding hydrogens is 276 g/mol. The van der Waals surface area contributed by atoms with E-state index in [-0.39, 0.29) is 5.91 Å². The molecule has 0 unspecified atom stereocenters. The molecule has 0 radical (unpaired) electrons. The van der Waals surface area contributed by atoms with E-state index in [0.29, 0.717) is 24.6 Å². The number of hydrogen-bond donors (Lipinski definition) is 0. The van der Waals surface area contributed by atoms with Crippen molar-refractivity contribution in [1.82, 2.24) is 9.88 Å². The molecule has 1 aromatic heterocycles. The minimum Gasteiger partial charge on any atom is -0.478 e. The largest absolute Gasteiger partial charge is 0.478 e. The Morgan fingerprint density at radius 2 is 1.95 bits per heavy atom. The van der Waals surface area contributed by atoms with E-state index in [1.54, 1.807) is 18.3 Å². The van der Waals surface area contributed by atoms with Gasteiger partial charge in [-0.2, -0.15) is 0 Å². The van der Waals surface area contributed by atoms with Crippen LogP contribution in [0.15, 0.2) is 48.7 Å². The number of carbonyl (C=O) groups is 1. The van der Waals surface area contributed by atoms with Crippen molar-refractivity contribution < 1.29 is 9.53 Å². The maximum atomic E-state index is 12.7. The Bertz CT molecular complexity index is 599. The van der Waals surface area contributed by atoms with Gasteiger partial charge in [-0.15, -0.1) is 0 Å². The molecule has 0 saturated heterocycles. The predicted molar refractivity (Wildman–Crippen MR) is 86.9 cm³/mol. The molecule has 4 nitrogen and oxygen atoms in total. The molecule has 0 aliphatic heterocycles. The van der Waals surface area contributed by atoms with Crippen LogP contribution in [-0.4, -0.2) is 28.9 Å². The number of benzene rings is 1. The SMILES string of the molecule is CCCN(Cc1ccccc1)C(=O)c1ccnc(OCC)c1. The monoisotopic (exact) mass is 298 g/mol. The van der Waals surface area contributed by atoms with Crippen LogP contribution in [0.25, 0.3) is 0 Å². The summed E-state index contributed by atoms with van der Waals surface area (Å²) in [6.45, 7) is 5.84. The smallest absolute Gasteiger partial charge is 0.254 e. The Morgan fingerprint density at radius 3 is 2.64 bits per heavy atom. The van der Waals surface area contributed by atoms with Crippen molar-refractivity contribution in [2.45, 2.75) is 26.8 Å². The van der Waals surface area contributed by atoms with Crippen molar-refractivity contribution >= 4 is 5.91 Å². The zero-order valence-electron chi connectivity index (χ0n) is 13.2. The zero-order valence-corrected chi connectivity index (χ0v) is 13.2. The van der Waals surface area contributed by atoms with Gasteiger partial charge in [0.25, 0.3) is 5.91 Å². The summed E-state index contributed by atoms with van der Waals surface area (Å²) in [6.07, 6.45) is 2.53. The van der Waals surface area contributed by atoms with Crippen LogP contribution in [0.3, 0.4) is 0 Å². The normalized spacial score (nSPS) is 10.3. The maximum absolute atomic E-state index is 12.7. The van der Waals surface area contributed by atoms with Gasteiger partial charge in [-0.3, -0.25) is 4.79 Å². The molecule has 0 bridgehead atoms. The third kappa shape index (κ3) is 4.32. The van der Waals surface area contributed by atoms with Gasteiger partial charge >= 0.3 is 0 Å². The first-order chi connectivity index (χ1) is 10.7. The molecule has 22 heavy (non-hydrogen) atoms. The molecule has 116 valence electrons. The molecule has 1 amide bonds. The maximum Gasteiger partial charge on any atom is 0.254 e. The van der Waals surface area contributed by atoms with Gasteiger partial charge in [-0.25, -0.2) is 4.98 Å². The van der Waals surface area contributed by atoms with E-state index in [1.807, 2.05) is 42.2 Å². The quantitative estimate of drug-likeness (QED) is 0.785. The number of hydrogen-bond acceptors (Lipinski definition) is 3. The summed E-state index contributed by atoms with van der Waals surface area (Å²) in [4.78, 5) is 18.7. The minimum absolute atomic E-state index is 0.00839. The lowest BCUT2D eigenvalue weighted by atomic mass is 10.1. The van der Waals surface area contributed by atoms with Gasteiger partial charge in [0, 0.05) is 30.9 Å². The van der Waals surface area contributed by atoms with Crippen LogP contribution in [-0.2, 0) is 6.54 Å².